The highest BCUT2D eigenvalue weighted by atomic mass is 14.0. The molecular formula is C18H38+2. The van der Waals surface area contributed by atoms with Gasteiger partial charge in [-0.25, -0.2) is 0 Å². The van der Waals surface area contributed by atoms with Gasteiger partial charge in [-0.2, -0.15) is 0 Å². The molecule has 0 unspecified atom stereocenters. The third-order valence-electron chi connectivity index (χ3n) is 4.50. The molecule has 0 amide bonds. The second kappa shape index (κ2) is 13.4. The van der Waals surface area contributed by atoms with Crippen LogP contribution in [0.3, 0.4) is 0 Å². The number of hydrogen-bond donors (Lipinski definition) is 0. The molecule has 0 atom stereocenters. The van der Waals surface area contributed by atoms with Crippen molar-refractivity contribution in [3.05, 3.63) is 0 Å². The van der Waals surface area contributed by atoms with Crippen molar-refractivity contribution in [3.63, 3.8) is 0 Å². The molecule has 0 bridgehead atoms. The molecule has 0 aliphatic heterocycles. The summed E-state index contributed by atoms with van der Waals surface area (Å²) < 4.78 is 0. The molecule has 0 heteroatoms. The van der Waals surface area contributed by atoms with E-state index < -0.39 is 0 Å². The SMILES string of the molecule is C1CCCCC1.C1CCCCC1.C1CCCCC1.[H+].[H+]. The van der Waals surface area contributed by atoms with Crippen LogP contribution in [0.4, 0.5) is 0 Å². The zero-order valence-corrected chi connectivity index (χ0v) is 12.7. The molecule has 3 fully saturated rings. The van der Waals surface area contributed by atoms with Crippen molar-refractivity contribution in [1.29, 1.82) is 0 Å². The fourth-order valence-electron chi connectivity index (χ4n) is 3.18. The van der Waals surface area contributed by atoms with Crippen molar-refractivity contribution in [3.8, 4) is 0 Å². The van der Waals surface area contributed by atoms with E-state index in [0.717, 1.165) is 0 Å². The van der Waals surface area contributed by atoms with Crippen molar-refractivity contribution in [1.82, 2.24) is 0 Å². The Morgan fingerprint density at radius 1 is 0.167 bits per heavy atom. The summed E-state index contributed by atoms with van der Waals surface area (Å²) in [6.07, 6.45) is 27.0. The van der Waals surface area contributed by atoms with Crippen LogP contribution in [0.1, 0.15) is 118 Å². The highest BCUT2D eigenvalue weighted by Crippen LogP contribution is 2.16. The average Bonchev–Trinajstić information content (AvgIpc) is 2.54. The molecule has 0 saturated heterocycles. The molecule has 0 aromatic heterocycles. The zero-order chi connectivity index (χ0) is 12.7. The third kappa shape index (κ3) is 11.1. The summed E-state index contributed by atoms with van der Waals surface area (Å²) in [4.78, 5) is 0. The highest BCUT2D eigenvalue weighted by molar-refractivity contribution is 4.52. The molecule has 3 aliphatic carbocycles. The van der Waals surface area contributed by atoms with Gasteiger partial charge in [0.2, 0.25) is 0 Å². The highest BCUT2D eigenvalue weighted by Gasteiger charge is 1.96. The van der Waals surface area contributed by atoms with Gasteiger partial charge in [0.15, 0.2) is 0 Å². The Kier molecular flexibility index (Phi) is 12.0. The van der Waals surface area contributed by atoms with E-state index in [-0.39, 0.29) is 2.85 Å². The quantitative estimate of drug-likeness (QED) is 0.427. The molecule has 0 spiro atoms. The molecule has 3 rings (SSSR count). The minimum atomic E-state index is 0. The van der Waals surface area contributed by atoms with Gasteiger partial charge in [-0.05, 0) is 0 Å². The van der Waals surface area contributed by atoms with E-state index in [1.807, 2.05) is 0 Å². The van der Waals surface area contributed by atoms with Gasteiger partial charge in [-0.15, -0.1) is 0 Å². The lowest BCUT2D eigenvalue weighted by Crippen LogP contribution is -1.85. The number of rotatable bonds is 0. The summed E-state index contributed by atoms with van der Waals surface area (Å²) in [6.45, 7) is 0. The second-order valence-corrected chi connectivity index (χ2v) is 6.36. The van der Waals surface area contributed by atoms with Crippen LogP contribution in [0.15, 0.2) is 0 Å². The first-order chi connectivity index (χ1) is 9.00. The summed E-state index contributed by atoms with van der Waals surface area (Å²) in [5.41, 5.74) is 0. The van der Waals surface area contributed by atoms with Crippen molar-refractivity contribution < 1.29 is 2.85 Å². The first-order valence-corrected chi connectivity index (χ1v) is 9.00. The summed E-state index contributed by atoms with van der Waals surface area (Å²) in [5.74, 6) is 0. The van der Waals surface area contributed by atoms with Gasteiger partial charge in [0.25, 0.3) is 0 Å². The predicted octanol–water partition coefficient (Wildman–Crippen LogP) is 7.25. The normalized spacial score (nSPS) is 24.0. The van der Waals surface area contributed by atoms with E-state index in [4.69, 9.17) is 0 Å². The lowest BCUT2D eigenvalue weighted by atomic mass is 10.0. The van der Waals surface area contributed by atoms with Crippen LogP contribution < -0.4 is 0 Å². The number of hydrogen-bond acceptors (Lipinski definition) is 0. The fourth-order valence-corrected chi connectivity index (χ4v) is 3.18. The Hall–Kier alpha value is 0. The Morgan fingerprint density at radius 3 is 0.278 bits per heavy atom. The van der Waals surface area contributed by atoms with Gasteiger partial charge < -0.3 is 0 Å². The van der Waals surface area contributed by atoms with Crippen LogP contribution in [0, 0.1) is 0 Å². The maximum absolute atomic E-state index is 1.50. The van der Waals surface area contributed by atoms with Gasteiger partial charge in [0.1, 0.15) is 0 Å². The minimum absolute atomic E-state index is 0. The molecule has 0 N–H and O–H groups in total. The smallest absolute Gasteiger partial charge is 0.0533 e. The van der Waals surface area contributed by atoms with E-state index >= 15 is 0 Å². The standard InChI is InChI=1S/3C6H12/c3*1-2-4-6-5-3-1/h3*1-6H2/p+2. The Morgan fingerprint density at radius 2 is 0.222 bits per heavy atom. The van der Waals surface area contributed by atoms with E-state index in [0.29, 0.717) is 0 Å². The molecule has 18 heavy (non-hydrogen) atoms. The Labute approximate surface area is 119 Å². The molecule has 0 aromatic carbocycles. The van der Waals surface area contributed by atoms with Crippen LogP contribution >= 0.6 is 0 Å². The lowest BCUT2D eigenvalue weighted by molar-refractivity contribution is 0.504. The van der Waals surface area contributed by atoms with Gasteiger partial charge in [0, 0.05) is 0 Å². The summed E-state index contributed by atoms with van der Waals surface area (Å²) in [7, 11) is 0. The first kappa shape index (κ1) is 16.1. The Balaban J connectivity index is 0. The topological polar surface area (TPSA) is 0 Å². The minimum Gasteiger partial charge on any atom is -0.0533 e. The van der Waals surface area contributed by atoms with E-state index in [1.165, 1.54) is 116 Å². The monoisotopic (exact) mass is 254 g/mol. The van der Waals surface area contributed by atoms with Crippen molar-refractivity contribution >= 4 is 0 Å². The van der Waals surface area contributed by atoms with E-state index in [2.05, 4.69) is 0 Å². The van der Waals surface area contributed by atoms with Gasteiger partial charge >= 0.3 is 2.85 Å². The molecule has 0 radical (unpaired) electrons. The maximum atomic E-state index is 1.50. The van der Waals surface area contributed by atoms with E-state index in [9.17, 15) is 0 Å². The molecule has 108 valence electrons. The van der Waals surface area contributed by atoms with Gasteiger partial charge in [-0.1, -0.05) is 116 Å². The lowest BCUT2D eigenvalue weighted by Gasteiger charge is -2.05. The summed E-state index contributed by atoms with van der Waals surface area (Å²) >= 11 is 0. The second-order valence-electron chi connectivity index (χ2n) is 6.36. The molecule has 0 nitrogen and oxygen atoms in total. The molecule has 0 heterocycles. The molecule has 0 aromatic rings. The van der Waals surface area contributed by atoms with Crippen molar-refractivity contribution in [2.75, 3.05) is 0 Å². The van der Waals surface area contributed by atoms with Crippen LogP contribution in [-0.2, 0) is 0 Å². The fraction of sp³-hybridized carbons (Fsp3) is 1.00. The summed E-state index contributed by atoms with van der Waals surface area (Å²) in [5, 5.41) is 0. The predicted molar refractivity (Wildman–Crippen MR) is 85.3 cm³/mol. The third-order valence-corrected chi connectivity index (χ3v) is 4.50. The van der Waals surface area contributed by atoms with E-state index in [1.54, 1.807) is 0 Å². The van der Waals surface area contributed by atoms with Gasteiger partial charge in [0.05, 0.1) is 0 Å². The molecule has 3 aliphatic rings. The van der Waals surface area contributed by atoms with Gasteiger partial charge in [-0.3, -0.25) is 0 Å². The average molecular weight is 255 g/mol. The van der Waals surface area contributed by atoms with Crippen LogP contribution in [-0.4, -0.2) is 0 Å². The summed E-state index contributed by atoms with van der Waals surface area (Å²) in [6, 6.07) is 0. The molecule has 3 saturated carbocycles. The maximum Gasteiger partial charge on any atom is 1.00 e. The molecular weight excluding hydrogens is 216 g/mol. The van der Waals surface area contributed by atoms with Crippen LogP contribution in [0.25, 0.3) is 0 Å². The largest absolute Gasteiger partial charge is 1.00 e. The zero-order valence-electron chi connectivity index (χ0n) is 14.7. The van der Waals surface area contributed by atoms with Crippen LogP contribution in [0.2, 0.25) is 0 Å². The Bertz CT molecular complexity index is 84.4. The van der Waals surface area contributed by atoms with Crippen molar-refractivity contribution in [2.45, 2.75) is 116 Å². The van der Waals surface area contributed by atoms with Crippen LogP contribution in [0.5, 0.6) is 0 Å². The van der Waals surface area contributed by atoms with Crippen molar-refractivity contribution in [2.24, 2.45) is 0 Å². The first-order valence-electron chi connectivity index (χ1n) is 9.00.